The van der Waals surface area contributed by atoms with Gasteiger partial charge in [-0.2, -0.15) is 5.10 Å². The summed E-state index contributed by atoms with van der Waals surface area (Å²) < 4.78 is 27.9. The van der Waals surface area contributed by atoms with Gasteiger partial charge in [0, 0.05) is 38.2 Å². The third kappa shape index (κ3) is 5.65. The van der Waals surface area contributed by atoms with Gasteiger partial charge in [-0.1, -0.05) is 11.3 Å². The Balaban J connectivity index is 0.000000648. The Kier molecular flexibility index (Phi) is 8.94. The zero-order valence-corrected chi connectivity index (χ0v) is 22.7. The third-order valence-electron chi connectivity index (χ3n) is 6.40. The molecule has 1 amide bonds. The van der Waals surface area contributed by atoms with Crippen molar-refractivity contribution in [2.24, 2.45) is 0 Å². The fourth-order valence-corrected chi connectivity index (χ4v) is 5.79. The predicted octanol–water partition coefficient (Wildman–Crippen LogP) is 1.80. The van der Waals surface area contributed by atoms with Gasteiger partial charge in [0.2, 0.25) is 5.91 Å². The van der Waals surface area contributed by atoms with E-state index in [4.69, 9.17) is 9.84 Å². The number of hydrogen-bond donors (Lipinski definition) is 2. The molecule has 1 aromatic carbocycles. The number of thiophene rings is 1. The summed E-state index contributed by atoms with van der Waals surface area (Å²) >= 11 is 1.28. The number of nitrogens with zero attached hydrogens (tertiary/aromatic N) is 4. The van der Waals surface area contributed by atoms with Gasteiger partial charge in [0.15, 0.2) is 0 Å². The lowest BCUT2D eigenvalue weighted by molar-refractivity contribution is -0.122. The van der Waals surface area contributed by atoms with Crippen LogP contribution in [0.15, 0.2) is 46.2 Å². The van der Waals surface area contributed by atoms with Gasteiger partial charge in [-0.05, 0) is 49.6 Å². The van der Waals surface area contributed by atoms with E-state index in [-0.39, 0.29) is 19.1 Å². The van der Waals surface area contributed by atoms with Gasteiger partial charge in [-0.25, -0.2) is 18.4 Å². The number of hydrogen-bond acceptors (Lipinski definition) is 8. The van der Waals surface area contributed by atoms with E-state index < -0.39 is 23.1 Å². The molecule has 1 aliphatic rings. The highest BCUT2D eigenvalue weighted by Gasteiger charge is 2.31. The van der Waals surface area contributed by atoms with Crippen molar-refractivity contribution in [2.75, 3.05) is 34.0 Å². The highest BCUT2D eigenvalue weighted by atomic mass is 32.1. The fraction of sp³-hybridized carbons (Fsp3) is 0.385. The van der Waals surface area contributed by atoms with E-state index in [1.807, 2.05) is 0 Å². The second kappa shape index (κ2) is 12.4. The number of halogens is 1. The first-order valence-electron chi connectivity index (χ1n) is 12.3. The van der Waals surface area contributed by atoms with Crippen LogP contribution in [0.2, 0.25) is 0 Å². The molecule has 5 rings (SSSR count). The zero-order valence-electron chi connectivity index (χ0n) is 21.8. The maximum absolute atomic E-state index is 13.9. The number of aliphatic hydroxyl groups is 1. The molecule has 208 valence electrons. The molecule has 1 unspecified atom stereocenters. The number of carbonyl (C=O) groups excluding carboxylic acids is 1. The van der Waals surface area contributed by atoms with E-state index in [2.05, 4.69) is 15.2 Å². The Hall–Kier alpha value is -3.81. The average molecular weight is 560 g/mol. The molecule has 0 aliphatic carbocycles. The van der Waals surface area contributed by atoms with Gasteiger partial charge in [0.1, 0.15) is 27.4 Å². The molecule has 3 aromatic heterocycles. The number of benzene rings is 1. The summed E-state index contributed by atoms with van der Waals surface area (Å²) in [6, 6.07) is 5.12. The number of aliphatic hydroxyl groups excluding tert-OH is 1. The number of aryl methyl sites for hydroxylation is 3. The lowest BCUT2D eigenvalue weighted by Crippen LogP contribution is -2.44. The van der Waals surface area contributed by atoms with Crippen molar-refractivity contribution >= 4 is 27.5 Å². The van der Waals surface area contributed by atoms with Crippen molar-refractivity contribution in [1.29, 1.82) is 0 Å². The lowest BCUT2D eigenvalue weighted by atomic mass is 10.1. The van der Waals surface area contributed by atoms with E-state index in [1.54, 1.807) is 37.2 Å². The minimum absolute atomic E-state index is 0.122. The summed E-state index contributed by atoms with van der Waals surface area (Å²) in [5, 5.41) is 16.0. The molecule has 39 heavy (non-hydrogen) atoms. The van der Waals surface area contributed by atoms with Crippen LogP contribution in [0.4, 0.5) is 4.39 Å². The minimum atomic E-state index is -0.869. The molecule has 1 saturated heterocycles. The largest absolute Gasteiger partial charge is 0.496 e. The molecular formula is C26H30FN5O6S. The van der Waals surface area contributed by atoms with Crippen LogP contribution in [0.1, 0.15) is 23.6 Å². The summed E-state index contributed by atoms with van der Waals surface area (Å²) in [6.45, 7) is 2.94. The number of ether oxygens (including phenoxy) is 2. The molecule has 1 atom stereocenters. The zero-order chi connectivity index (χ0) is 28.1. The number of aromatic nitrogens is 4. The second-order valence-corrected chi connectivity index (χ2v) is 9.77. The van der Waals surface area contributed by atoms with Gasteiger partial charge in [-0.3, -0.25) is 14.2 Å². The average Bonchev–Trinajstić information content (AvgIpc) is 3.66. The summed E-state index contributed by atoms with van der Waals surface area (Å²) in [6.07, 6.45) is 4.04. The molecule has 2 N–H and O–H groups in total. The number of nitrogens with one attached hydrogen (secondary N) is 1. The molecule has 4 aromatic rings. The first-order chi connectivity index (χ1) is 18.8. The number of fused-ring (bicyclic) bond motifs is 1. The quantitative estimate of drug-likeness (QED) is 0.337. The number of carbonyl (C=O) groups is 1. The van der Waals surface area contributed by atoms with Gasteiger partial charge in [-0.15, -0.1) is 0 Å². The van der Waals surface area contributed by atoms with E-state index in [9.17, 15) is 18.8 Å². The molecule has 0 saturated carbocycles. The SMILES string of the molecule is COCCO.COc1ccc(F)cc1CCn1c(=O)n(C2CCNC2=O)c(=O)c2c(C)c(-n3cccn3)sc21. The molecule has 1 fully saturated rings. The smallest absolute Gasteiger partial charge is 0.332 e. The molecule has 0 bridgehead atoms. The molecule has 1 aliphatic heterocycles. The van der Waals surface area contributed by atoms with Crippen LogP contribution >= 0.6 is 11.3 Å². The van der Waals surface area contributed by atoms with Crippen molar-refractivity contribution < 1.29 is 23.8 Å². The van der Waals surface area contributed by atoms with Crippen molar-refractivity contribution in [2.45, 2.75) is 32.4 Å². The Bertz CT molecular complexity index is 1570. The Labute approximate surface area is 227 Å². The monoisotopic (exact) mass is 559 g/mol. The van der Waals surface area contributed by atoms with Crippen molar-refractivity contribution in [3.8, 4) is 10.8 Å². The summed E-state index contributed by atoms with van der Waals surface area (Å²) in [7, 11) is 3.05. The fourth-order valence-electron chi connectivity index (χ4n) is 4.53. The molecule has 11 nitrogen and oxygen atoms in total. The molecule has 13 heteroatoms. The first-order valence-corrected chi connectivity index (χ1v) is 13.1. The van der Waals surface area contributed by atoms with Gasteiger partial charge in [0.05, 0.1) is 25.7 Å². The first kappa shape index (κ1) is 28.2. The van der Waals surface area contributed by atoms with E-state index in [0.717, 1.165) is 4.57 Å². The summed E-state index contributed by atoms with van der Waals surface area (Å²) in [4.78, 5) is 40.0. The maximum atomic E-state index is 13.9. The van der Waals surface area contributed by atoms with Crippen LogP contribution in [0.3, 0.4) is 0 Å². The van der Waals surface area contributed by atoms with Crippen LogP contribution in [-0.4, -0.2) is 63.9 Å². The highest BCUT2D eigenvalue weighted by molar-refractivity contribution is 7.21. The van der Waals surface area contributed by atoms with Gasteiger partial charge in [0.25, 0.3) is 5.56 Å². The number of amides is 1. The Morgan fingerprint density at radius 2 is 2.05 bits per heavy atom. The maximum Gasteiger partial charge on any atom is 0.332 e. The van der Waals surface area contributed by atoms with Gasteiger partial charge < -0.3 is 19.9 Å². The van der Waals surface area contributed by atoms with Crippen LogP contribution in [-0.2, 0) is 22.5 Å². The lowest BCUT2D eigenvalue weighted by Gasteiger charge is -2.16. The second-order valence-electron chi connectivity index (χ2n) is 8.79. The Morgan fingerprint density at radius 3 is 2.64 bits per heavy atom. The number of rotatable bonds is 8. The van der Waals surface area contributed by atoms with Crippen molar-refractivity contribution in [3.05, 3.63) is 74.4 Å². The van der Waals surface area contributed by atoms with Crippen LogP contribution in [0.5, 0.6) is 5.75 Å². The molecule has 0 radical (unpaired) electrons. The van der Waals surface area contributed by atoms with Crippen LogP contribution in [0.25, 0.3) is 15.2 Å². The summed E-state index contributed by atoms with van der Waals surface area (Å²) in [5.74, 6) is -0.250. The van der Waals surface area contributed by atoms with Crippen molar-refractivity contribution in [1.82, 2.24) is 24.2 Å². The Morgan fingerprint density at radius 1 is 1.26 bits per heavy atom. The van der Waals surface area contributed by atoms with E-state index >= 15 is 0 Å². The standard InChI is InChI=1S/C23H22FN5O4S.C3H8O2/c1-13-18-20(31)29(16-6-9-25-19(16)30)23(32)27(22(18)34-21(13)28-10-3-8-26-28)11-7-14-12-15(24)4-5-17(14)33-2;1-5-3-2-4/h3-5,8,10,12,16H,6-7,9,11H2,1-2H3,(H,25,30);4H,2-3H2,1H3. The molecular weight excluding hydrogens is 529 g/mol. The van der Waals surface area contributed by atoms with Crippen LogP contribution in [0, 0.1) is 12.7 Å². The topological polar surface area (TPSA) is 130 Å². The third-order valence-corrected chi connectivity index (χ3v) is 7.71. The predicted molar refractivity (Wildman–Crippen MR) is 144 cm³/mol. The normalized spacial score (nSPS) is 14.8. The van der Waals surface area contributed by atoms with E-state index in [1.165, 1.54) is 41.2 Å². The van der Waals surface area contributed by atoms with Gasteiger partial charge >= 0.3 is 5.69 Å². The number of methoxy groups -OCH3 is 2. The molecule has 4 heterocycles. The van der Waals surface area contributed by atoms with Crippen LogP contribution < -0.4 is 21.3 Å². The highest BCUT2D eigenvalue weighted by Crippen LogP contribution is 2.31. The van der Waals surface area contributed by atoms with Crippen molar-refractivity contribution in [3.63, 3.8) is 0 Å². The van der Waals surface area contributed by atoms with E-state index in [0.29, 0.717) is 58.1 Å². The molecule has 0 spiro atoms. The summed E-state index contributed by atoms with van der Waals surface area (Å²) in [5.41, 5.74) is 0.217. The minimum Gasteiger partial charge on any atom is -0.496 e.